The molecule has 1 fully saturated rings. The topological polar surface area (TPSA) is 60.3 Å². The lowest BCUT2D eigenvalue weighted by Gasteiger charge is -2.23. The summed E-state index contributed by atoms with van der Waals surface area (Å²) in [5, 5.41) is 3.18. The minimum absolute atomic E-state index is 0.0395. The zero-order chi connectivity index (χ0) is 20.1. The molecule has 0 bridgehead atoms. The number of Topliss-reactive ketones (excluding diaryl/α,β-unsaturated/α-hetero) is 1. The van der Waals surface area contributed by atoms with Crippen molar-refractivity contribution in [3.8, 4) is 17.0 Å². The summed E-state index contributed by atoms with van der Waals surface area (Å²) >= 11 is 0. The summed E-state index contributed by atoms with van der Waals surface area (Å²) in [6.07, 6.45) is 6.25. The number of hydrogen-bond donors (Lipinski definition) is 1. The molecule has 1 aliphatic carbocycles. The molecule has 2 aromatic rings. The van der Waals surface area contributed by atoms with Crippen molar-refractivity contribution in [2.24, 2.45) is 0 Å². The van der Waals surface area contributed by atoms with Gasteiger partial charge in [-0.25, -0.2) is 0 Å². The fourth-order valence-electron chi connectivity index (χ4n) is 4.05. The van der Waals surface area contributed by atoms with E-state index in [0.29, 0.717) is 24.6 Å². The highest BCUT2D eigenvalue weighted by Gasteiger charge is 2.19. The van der Waals surface area contributed by atoms with Gasteiger partial charge in [0.15, 0.2) is 5.78 Å². The van der Waals surface area contributed by atoms with Crippen LogP contribution in [0, 0.1) is 6.92 Å². The minimum atomic E-state index is 0.0395. The van der Waals surface area contributed by atoms with Crippen LogP contribution in [0.3, 0.4) is 0 Å². The summed E-state index contributed by atoms with van der Waals surface area (Å²) in [6, 6.07) is 10.0. The number of methoxy groups -OCH3 is 1. The molecule has 150 valence electrons. The molecule has 0 atom stereocenters. The Labute approximate surface area is 167 Å². The van der Waals surface area contributed by atoms with E-state index in [9.17, 15) is 9.59 Å². The first-order valence-electron chi connectivity index (χ1n) is 10.1. The Kier molecular flexibility index (Phi) is 6.55. The molecule has 0 aliphatic heterocycles. The number of carbonyl (C=O) groups excluding carboxylic acids is 2. The maximum Gasteiger partial charge on any atom is 0.222 e. The molecule has 3 rings (SSSR count). The first-order chi connectivity index (χ1) is 13.5. The second-order valence-corrected chi connectivity index (χ2v) is 7.62. The molecule has 1 aromatic heterocycles. The molecule has 1 N–H and O–H groups in total. The number of nitrogens with zero attached hydrogens (tertiary/aromatic N) is 1. The quantitative estimate of drug-likeness (QED) is 0.717. The van der Waals surface area contributed by atoms with Crippen LogP contribution in [0.1, 0.15) is 61.5 Å². The van der Waals surface area contributed by atoms with Crippen LogP contribution in [-0.4, -0.2) is 29.4 Å². The van der Waals surface area contributed by atoms with Gasteiger partial charge in [0.2, 0.25) is 5.91 Å². The lowest BCUT2D eigenvalue weighted by Crippen LogP contribution is -2.36. The largest absolute Gasteiger partial charge is 0.497 e. The number of hydrogen-bond acceptors (Lipinski definition) is 3. The average molecular weight is 383 g/mol. The van der Waals surface area contributed by atoms with Crippen molar-refractivity contribution in [2.75, 3.05) is 7.11 Å². The molecular weight excluding hydrogens is 352 g/mol. The molecule has 1 aliphatic rings. The zero-order valence-corrected chi connectivity index (χ0v) is 17.1. The summed E-state index contributed by atoms with van der Waals surface area (Å²) < 4.78 is 7.32. The second-order valence-electron chi connectivity index (χ2n) is 7.62. The van der Waals surface area contributed by atoms with Crippen molar-refractivity contribution in [1.82, 2.24) is 9.88 Å². The van der Waals surface area contributed by atoms with Crippen LogP contribution in [0.15, 0.2) is 30.3 Å². The summed E-state index contributed by atoms with van der Waals surface area (Å²) in [6.45, 7) is 4.09. The third kappa shape index (κ3) is 4.64. The SMILES string of the molecule is COc1ccc(-c2cc(C(C)=O)c(C)n2CCC(=O)NC2CCCCC2)cc1. The van der Waals surface area contributed by atoms with Crippen molar-refractivity contribution >= 4 is 11.7 Å². The van der Waals surface area contributed by atoms with Crippen molar-refractivity contribution in [2.45, 2.75) is 65.0 Å². The van der Waals surface area contributed by atoms with E-state index in [-0.39, 0.29) is 11.7 Å². The zero-order valence-electron chi connectivity index (χ0n) is 17.1. The van der Waals surface area contributed by atoms with Gasteiger partial charge in [0.25, 0.3) is 0 Å². The van der Waals surface area contributed by atoms with Gasteiger partial charge < -0.3 is 14.6 Å². The van der Waals surface area contributed by atoms with Crippen LogP contribution in [0.25, 0.3) is 11.3 Å². The molecule has 0 unspecified atom stereocenters. The van der Waals surface area contributed by atoms with Crippen LogP contribution >= 0.6 is 0 Å². The predicted molar refractivity (Wildman–Crippen MR) is 111 cm³/mol. The average Bonchev–Trinajstić information content (AvgIpc) is 3.04. The number of ether oxygens (including phenoxy) is 1. The number of carbonyl (C=O) groups is 2. The highest BCUT2D eigenvalue weighted by atomic mass is 16.5. The van der Waals surface area contributed by atoms with Crippen molar-refractivity contribution in [1.29, 1.82) is 0 Å². The van der Waals surface area contributed by atoms with Crippen molar-refractivity contribution in [3.05, 3.63) is 41.6 Å². The molecule has 5 heteroatoms. The molecule has 28 heavy (non-hydrogen) atoms. The summed E-state index contributed by atoms with van der Waals surface area (Å²) in [7, 11) is 1.64. The van der Waals surface area contributed by atoms with Gasteiger partial charge in [-0.2, -0.15) is 0 Å². The molecule has 0 saturated heterocycles. The number of amides is 1. The van der Waals surface area contributed by atoms with E-state index in [1.54, 1.807) is 14.0 Å². The second kappa shape index (κ2) is 9.09. The van der Waals surface area contributed by atoms with Crippen LogP contribution in [0.5, 0.6) is 5.75 Å². The fraction of sp³-hybridized carbons (Fsp3) is 0.478. The van der Waals surface area contributed by atoms with E-state index in [2.05, 4.69) is 9.88 Å². The highest BCUT2D eigenvalue weighted by Crippen LogP contribution is 2.28. The first-order valence-corrected chi connectivity index (χ1v) is 10.1. The standard InChI is InChI=1S/C23H30N2O3/c1-16-21(17(2)26)15-22(18-9-11-20(28-3)12-10-18)25(16)14-13-23(27)24-19-7-5-4-6-8-19/h9-12,15,19H,4-8,13-14H2,1-3H3,(H,24,27). The van der Waals surface area contributed by atoms with Gasteiger partial charge in [0.05, 0.1) is 7.11 Å². The molecule has 1 saturated carbocycles. The Morgan fingerprint density at radius 2 is 1.82 bits per heavy atom. The van der Waals surface area contributed by atoms with Crippen LogP contribution in [0.4, 0.5) is 0 Å². The van der Waals surface area contributed by atoms with Gasteiger partial charge in [0, 0.05) is 36.0 Å². The van der Waals surface area contributed by atoms with Gasteiger partial charge in [-0.1, -0.05) is 19.3 Å². The maximum absolute atomic E-state index is 12.5. The van der Waals surface area contributed by atoms with Gasteiger partial charge in [-0.05, 0) is 62.6 Å². The Balaban J connectivity index is 1.78. The lowest BCUT2D eigenvalue weighted by molar-refractivity contribution is -0.122. The number of ketones is 1. The summed E-state index contributed by atoms with van der Waals surface area (Å²) in [5.74, 6) is 0.917. The molecule has 5 nitrogen and oxygen atoms in total. The van der Waals surface area contributed by atoms with E-state index in [1.807, 2.05) is 37.3 Å². The first kappa shape index (κ1) is 20.2. The lowest BCUT2D eigenvalue weighted by atomic mass is 9.95. The van der Waals surface area contributed by atoms with Gasteiger partial charge in [0.1, 0.15) is 5.75 Å². The third-order valence-electron chi connectivity index (χ3n) is 5.66. The highest BCUT2D eigenvalue weighted by molar-refractivity contribution is 5.96. The molecule has 1 aromatic carbocycles. The number of benzene rings is 1. The minimum Gasteiger partial charge on any atom is -0.497 e. The Bertz CT molecular complexity index is 830. The molecule has 0 radical (unpaired) electrons. The number of aromatic nitrogens is 1. The van der Waals surface area contributed by atoms with E-state index >= 15 is 0 Å². The van der Waals surface area contributed by atoms with Crippen molar-refractivity contribution in [3.63, 3.8) is 0 Å². The monoisotopic (exact) mass is 382 g/mol. The Morgan fingerprint density at radius 3 is 2.43 bits per heavy atom. The fourth-order valence-corrected chi connectivity index (χ4v) is 4.05. The van der Waals surface area contributed by atoms with E-state index < -0.39 is 0 Å². The molecular formula is C23H30N2O3. The molecule has 1 heterocycles. The van der Waals surface area contributed by atoms with Crippen molar-refractivity contribution < 1.29 is 14.3 Å². The Hall–Kier alpha value is -2.56. The van der Waals surface area contributed by atoms with Gasteiger partial charge in [-0.15, -0.1) is 0 Å². The predicted octanol–water partition coefficient (Wildman–Crippen LogP) is 4.51. The Morgan fingerprint density at radius 1 is 1.14 bits per heavy atom. The summed E-state index contributed by atoms with van der Waals surface area (Å²) in [4.78, 5) is 24.5. The molecule has 1 amide bonds. The number of rotatable bonds is 7. The van der Waals surface area contributed by atoms with Gasteiger partial charge >= 0.3 is 0 Å². The third-order valence-corrected chi connectivity index (χ3v) is 5.66. The van der Waals surface area contributed by atoms with Gasteiger partial charge in [-0.3, -0.25) is 9.59 Å². The maximum atomic E-state index is 12.5. The van der Waals surface area contributed by atoms with Crippen LogP contribution < -0.4 is 10.1 Å². The van der Waals surface area contributed by atoms with E-state index in [1.165, 1.54) is 19.3 Å². The van der Waals surface area contributed by atoms with Crippen LogP contribution in [-0.2, 0) is 11.3 Å². The number of nitrogens with one attached hydrogen (secondary N) is 1. The van der Waals surface area contributed by atoms with E-state index in [0.717, 1.165) is 35.5 Å². The molecule has 0 spiro atoms. The normalized spacial score (nSPS) is 14.7. The van der Waals surface area contributed by atoms with E-state index in [4.69, 9.17) is 4.74 Å². The van der Waals surface area contributed by atoms with Crippen LogP contribution in [0.2, 0.25) is 0 Å². The summed E-state index contributed by atoms with van der Waals surface area (Å²) in [5.41, 5.74) is 3.57. The smallest absolute Gasteiger partial charge is 0.222 e.